The lowest BCUT2D eigenvalue weighted by Crippen LogP contribution is -2.55. The highest BCUT2D eigenvalue weighted by molar-refractivity contribution is 6.42. The molecule has 0 atom stereocenters. The van der Waals surface area contributed by atoms with Crippen LogP contribution in [0.2, 0.25) is 10.0 Å². The van der Waals surface area contributed by atoms with Gasteiger partial charge in [-0.2, -0.15) is 4.98 Å². The second kappa shape index (κ2) is 16.1. The number of amides is 3. The molecule has 6 rings (SSSR count). The second-order valence-corrected chi connectivity index (χ2v) is 14.5. The number of benzene rings is 2. The molecule has 3 amide bonds. The minimum atomic E-state index is -0.497. The van der Waals surface area contributed by atoms with E-state index < -0.39 is 16.8 Å². The third kappa shape index (κ3) is 8.28. The van der Waals surface area contributed by atoms with Crippen LogP contribution < -0.4 is 24.6 Å². The molecule has 16 nitrogen and oxygen atoms in total. The maximum Gasteiger partial charge on any atom is 0.390 e. The van der Waals surface area contributed by atoms with Gasteiger partial charge in [0.25, 0.3) is 0 Å². The fourth-order valence-electron chi connectivity index (χ4n) is 6.65. The number of likely N-dealkylation sites (N-methyl/N-ethyl adjacent to an activating group) is 1. The molecule has 2 aliphatic rings. The highest BCUT2D eigenvalue weighted by atomic mass is 35.5. The van der Waals surface area contributed by atoms with Gasteiger partial charge in [0.1, 0.15) is 39.7 Å². The number of nitro groups is 1. The van der Waals surface area contributed by atoms with Crippen molar-refractivity contribution in [2.75, 3.05) is 63.1 Å². The van der Waals surface area contributed by atoms with Gasteiger partial charge in [0.15, 0.2) is 5.69 Å². The van der Waals surface area contributed by atoms with Gasteiger partial charge in [0.2, 0.25) is 18.2 Å². The van der Waals surface area contributed by atoms with Crippen LogP contribution in [-0.2, 0) is 24.9 Å². The quantitative estimate of drug-likeness (QED) is 0.0769. The number of quaternary nitrogens is 1. The molecule has 2 aliphatic heterocycles. The van der Waals surface area contributed by atoms with Crippen molar-refractivity contribution in [2.24, 2.45) is 7.05 Å². The van der Waals surface area contributed by atoms with Crippen LogP contribution in [0.5, 0.6) is 11.5 Å². The summed E-state index contributed by atoms with van der Waals surface area (Å²) in [5.74, 6) is 0.340. The molecule has 1 N–H and O–H groups in total. The van der Waals surface area contributed by atoms with Gasteiger partial charge in [-0.15, -0.1) is 0 Å². The minimum Gasteiger partial charge on any atom is -0.495 e. The number of carbonyl (C=O) groups is 2. The molecule has 0 bridgehead atoms. The minimum absolute atomic E-state index is 0.0299. The number of imidazole rings is 1. The smallest absolute Gasteiger partial charge is 0.390 e. The first-order valence-corrected chi connectivity index (χ1v) is 18.0. The number of methoxy groups -OCH3 is 2. The van der Waals surface area contributed by atoms with E-state index in [4.69, 9.17) is 37.7 Å². The molecule has 0 radical (unpaired) electrons. The zero-order chi connectivity index (χ0) is 39.6. The van der Waals surface area contributed by atoms with Crippen molar-refractivity contribution in [1.82, 2.24) is 24.4 Å². The maximum absolute atomic E-state index is 14.6. The largest absolute Gasteiger partial charge is 0.495 e. The van der Waals surface area contributed by atoms with Crippen molar-refractivity contribution in [3.8, 4) is 11.5 Å². The van der Waals surface area contributed by atoms with E-state index in [1.54, 1.807) is 51.9 Å². The molecule has 2 aromatic heterocycles. The monoisotopic (exact) mass is 797 g/mol. The van der Waals surface area contributed by atoms with Crippen molar-refractivity contribution < 1.29 is 32.9 Å². The number of aromatic nitrogens is 4. The fraction of sp³-hybridized carbons (Fsp3) is 0.361. The number of nitrogens with zero attached hydrogens (tertiary/aromatic N) is 9. The third-order valence-corrected chi connectivity index (χ3v) is 10.3. The lowest BCUT2D eigenvalue weighted by molar-refractivity contribution is -0.898. The number of rotatable bonds is 12. The normalized spacial score (nSPS) is 15.1. The Morgan fingerprint density at radius 3 is 2.38 bits per heavy atom. The zero-order valence-corrected chi connectivity index (χ0v) is 32.3. The summed E-state index contributed by atoms with van der Waals surface area (Å²) in [4.78, 5) is 56.8. The van der Waals surface area contributed by atoms with Crippen LogP contribution in [0.4, 0.5) is 38.1 Å². The van der Waals surface area contributed by atoms with Crippen LogP contribution in [0.15, 0.2) is 55.0 Å². The number of hydrogen-bond acceptors (Lipinski definition) is 10. The van der Waals surface area contributed by atoms with E-state index in [1.807, 2.05) is 14.1 Å². The van der Waals surface area contributed by atoms with Crippen molar-refractivity contribution in [3.63, 3.8) is 0 Å². The van der Waals surface area contributed by atoms with E-state index in [0.717, 1.165) is 0 Å². The Balaban J connectivity index is 1.22. The van der Waals surface area contributed by atoms with Gasteiger partial charge in [-0.1, -0.05) is 23.2 Å². The number of ether oxygens (including phenoxy) is 2. The Bertz CT molecular complexity index is 2110. The Labute approximate surface area is 326 Å². The van der Waals surface area contributed by atoms with E-state index >= 15 is 0 Å². The van der Waals surface area contributed by atoms with Crippen molar-refractivity contribution >= 4 is 64.1 Å². The number of hydrogen-bond donors (Lipinski definition) is 1. The maximum atomic E-state index is 14.6. The molecule has 4 aromatic rings. The van der Waals surface area contributed by atoms with E-state index in [1.165, 1.54) is 43.7 Å². The predicted octanol–water partition coefficient (Wildman–Crippen LogP) is 6.10. The van der Waals surface area contributed by atoms with Gasteiger partial charge < -0.3 is 38.9 Å². The molecular formula is C36H40Cl2FN10O6+. The van der Waals surface area contributed by atoms with Crippen LogP contribution in [0, 0.1) is 15.9 Å². The summed E-state index contributed by atoms with van der Waals surface area (Å²) in [5, 5.41) is 14.8. The Morgan fingerprint density at radius 1 is 1.11 bits per heavy atom. The predicted molar refractivity (Wildman–Crippen MR) is 205 cm³/mol. The number of carbonyl (C=O) groups excluding carboxylic acids is 2. The molecular weight excluding hydrogens is 758 g/mol. The van der Waals surface area contributed by atoms with Gasteiger partial charge in [0.05, 0.1) is 47.1 Å². The van der Waals surface area contributed by atoms with Gasteiger partial charge >= 0.3 is 11.8 Å². The summed E-state index contributed by atoms with van der Waals surface area (Å²) in [6.07, 6.45) is 7.16. The molecule has 2 aromatic carbocycles. The summed E-state index contributed by atoms with van der Waals surface area (Å²) in [6, 6.07) is 6.44. The van der Waals surface area contributed by atoms with Gasteiger partial charge in [-0.25, -0.2) is 14.2 Å². The highest BCUT2D eigenvalue weighted by Gasteiger charge is 2.41. The lowest BCUT2D eigenvalue weighted by Gasteiger charge is -2.43. The molecule has 0 aliphatic carbocycles. The fourth-order valence-corrected chi connectivity index (χ4v) is 7.35. The third-order valence-electron chi connectivity index (χ3n) is 9.55. The summed E-state index contributed by atoms with van der Waals surface area (Å²) < 4.78 is 26.5. The second-order valence-electron chi connectivity index (χ2n) is 13.8. The molecule has 0 unspecified atom stereocenters. The summed E-state index contributed by atoms with van der Waals surface area (Å²) in [5.41, 5.74) is 1.85. The first kappa shape index (κ1) is 39.2. The first-order chi connectivity index (χ1) is 26.2. The zero-order valence-electron chi connectivity index (χ0n) is 30.8. The summed E-state index contributed by atoms with van der Waals surface area (Å²) >= 11 is 13.6. The van der Waals surface area contributed by atoms with Crippen molar-refractivity contribution in [1.29, 1.82) is 0 Å². The van der Waals surface area contributed by atoms with E-state index in [0.29, 0.717) is 66.3 Å². The van der Waals surface area contributed by atoms with Crippen molar-refractivity contribution in [2.45, 2.75) is 32.0 Å². The number of urea groups is 1. The number of nitrogens with one attached hydrogen (secondary N) is 1. The van der Waals surface area contributed by atoms with Crippen LogP contribution in [-0.4, -0.2) is 99.8 Å². The van der Waals surface area contributed by atoms with Crippen LogP contribution >= 0.6 is 23.2 Å². The average Bonchev–Trinajstić information content (AvgIpc) is 3.51. The molecule has 0 spiro atoms. The van der Waals surface area contributed by atoms with E-state index in [2.05, 4.69) is 15.3 Å². The molecule has 19 heteroatoms. The van der Waals surface area contributed by atoms with Crippen molar-refractivity contribution in [3.05, 3.63) is 92.2 Å². The number of likely N-dealkylation sites (tertiary alicyclic amines) is 1. The first-order valence-electron chi connectivity index (χ1n) is 17.2. The highest BCUT2D eigenvalue weighted by Crippen LogP contribution is 2.48. The Hall–Kier alpha value is -5.52. The molecule has 1 saturated heterocycles. The van der Waals surface area contributed by atoms with Gasteiger partial charge in [-0.05, 0) is 53.1 Å². The average molecular weight is 799 g/mol. The van der Waals surface area contributed by atoms with Crippen LogP contribution in [0.3, 0.4) is 0 Å². The lowest BCUT2D eigenvalue weighted by atomic mass is 10.0. The number of piperidine rings is 1. The van der Waals surface area contributed by atoms with Gasteiger partial charge in [0, 0.05) is 55.8 Å². The van der Waals surface area contributed by atoms with Gasteiger partial charge in [-0.3, -0.25) is 14.6 Å². The molecule has 1 fully saturated rings. The summed E-state index contributed by atoms with van der Waals surface area (Å²) in [7, 11) is 8.44. The van der Waals surface area contributed by atoms with Crippen LogP contribution in [0.25, 0.3) is 0 Å². The molecule has 4 heterocycles. The molecule has 290 valence electrons. The van der Waals surface area contributed by atoms with Crippen LogP contribution in [0.1, 0.15) is 24.1 Å². The number of halogens is 3. The molecule has 0 saturated carbocycles. The number of anilines is 4. The molecule has 55 heavy (non-hydrogen) atoms. The summed E-state index contributed by atoms with van der Waals surface area (Å²) in [6.45, 7) is 1.51. The SMILES string of the molecule is COc1cc(OC)c(Cl)c(N2Cc3cnc(Nc4ccc(F)cc4)nc3N(C3CCN(C(=O)/C=C/C[N+](C)(C)Cc4c([N+](=O)[O-])ncn4C)CC3)C2=O)c1Cl. The topological polar surface area (TPSA) is 161 Å². The number of fused-ring (bicyclic) bond motifs is 1. The number of aryl methyl sites for hydroxylation is 1. The standard InChI is InChI=1S/C36H40Cl2FN10O6/c1-44-21-41-34(48(52)53)26(44)20-49(2,3)16-6-7-29(50)45-14-12-25(13-15-45)47-33-22(18-40-35(43-33)42-24-10-8-23(39)9-11-24)19-46(36(47)51)32-30(37)27(54-4)17-28(55-5)31(32)38/h6-11,17-18,21,25H,12-16,19-20H2,1-5H3,(H,40,42,43)/q+1/b7-6+. The van der Waals surface area contributed by atoms with E-state index in [9.17, 15) is 24.1 Å². The Morgan fingerprint density at radius 2 is 1.76 bits per heavy atom. The Kier molecular flexibility index (Phi) is 11.4. The van der Waals surface area contributed by atoms with E-state index in [-0.39, 0.29) is 57.5 Å².